The number of hydrogen-bond acceptors (Lipinski definition) is 4. The average Bonchev–Trinajstić information content (AvgIpc) is 3.29. The number of epoxide rings is 1. The maximum Gasteiger partial charge on any atom is 0.261 e. The third-order valence-corrected chi connectivity index (χ3v) is 5.55. The molecule has 0 aromatic heterocycles. The van der Waals surface area contributed by atoms with E-state index in [4.69, 9.17) is 9.47 Å². The third-order valence-electron chi connectivity index (χ3n) is 4.17. The van der Waals surface area contributed by atoms with Crippen molar-refractivity contribution in [1.82, 2.24) is 0 Å². The van der Waals surface area contributed by atoms with Crippen molar-refractivity contribution in [3.8, 4) is 5.75 Å². The summed E-state index contributed by atoms with van der Waals surface area (Å²) < 4.78 is 39.2. The molecule has 2 aromatic carbocycles. The van der Waals surface area contributed by atoms with Crippen LogP contribution in [-0.4, -0.2) is 20.1 Å². The summed E-state index contributed by atoms with van der Waals surface area (Å²) in [6.07, 6.45) is -0.101. The Balaban J connectivity index is 1.68. The van der Waals surface area contributed by atoms with Gasteiger partial charge in [0.25, 0.3) is 10.0 Å². The Labute approximate surface area is 135 Å². The molecule has 2 aliphatic heterocycles. The SMILES string of the molecule is CC1(C)Oc2ccc(S(=O)(=O)Nc3ccccc3)cc2[C@@H]2O[C@@H]21. The largest absolute Gasteiger partial charge is 0.485 e. The molecule has 0 saturated carbocycles. The van der Waals surface area contributed by atoms with Crippen molar-refractivity contribution in [2.45, 2.75) is 36.6 Å². The Bertz CT molecular complexity index is 861. The molecule has 2 aromatic rings. The summed E-state index contributed by atoms with van der Waals surface area (Å²) >= 11 is 0. The molecule has 6 heteroatoms. The van der Waals surface area contributed by atoms with Crippen LogP contribution >= 0.6 is 0 Å². The quantitative estimate of drug-likeness (QED) is 0.878. The zero-order valence-electron chi connectivity index (χ0n) is 12.8. The molecule has 0 radical (unpaired) electrons. The summed E-state index contributed by atoms with van der Waals surface area (Å²) in [4.78, 5) is 0.206. The number of ether oxygens (including phenoxy) is 2. The molecule has 120 valence electrons. The third kappa shape index (κ3) is 2.48. The van der Waals surface area contributed by atoms with Gasteiger partial charge in [0.05, 0.1) is 4.90 Å². The second-order valence-corrected chi connectivity index (χ2v) is 8.04. The summed E-state index contributed by atoms with van der Waals surface area (Å²) in [6, 6.07) is 13.7. The first-order valence-electron chi connectivity index (χ1n) is 7.43. The number of benzene rings is 2. The molecule has 1 saturated heterocycles. The minimum absolute atomic E-state index is 0.0185. The topological polar surface area (TPSA) is 67.9 Å². The molecule has 2 heterocycles. The van der Waals surface area contributed by atoms with Crippen LogP contribution in [0.5, 0.6) is 5.75 Å². The molecule has 0 bridgehead atoms. The Morgan fingerprint density at radius 1 is 1.09 bits per heavy atom. The van der Waals surface area contributed by atoms with Crippen LogP contribution in [-0.2, 0) is 14.8 Å². The van der Waals surface area contributed by atoms with Crippen molar-refractivity contribution in [3.63, 3.8) is 0 Å². The lowest BCUT2D eigenvalue weighted by Gasteiger charge is -2.29. The maximum absolute atomic E-state index is 12.5. The Morgan fingerprint density at radius 3 is 2.57 bits per heavy atom. The van der Waals surface area contributed by atoms with Gasteiger partial charge in [-0.05, 0) is 44.2 Å². The van der Waals surface area contributed by atoms with E-state index in [9.17, 15) is 8.42 Å². The molecule has 0 amide bonds. The monoisotopic (exact) mass is 331 g/mol. The lowest BCUT2D eigenvalue weighted by molar-refractivity contribution is 0.0724. The van der Waals surface area contributed by atoms with Gasteiger partial charge in [-0.3, -0.25) is 4.72 Å². The van der Waals surface area contributed by atoms with E-state index in [1.54, 1.807) is 42.5 Å². The number of fused-ring (bicyclic) bond motifs is 3. The number of para-hydroxylation sites is 1. The fraction of sp³-hybridized carbons (Fsp3) is 0.294. The predicted molar refractivity (Wildman–Crippen MR) is 86.0 cm³/mol. The fourth-order valence-electron chi connectivity index (χ4n) is 2.95. The van der Waals surface area contributed by atoms with E-state index in [-0.39, 0.29) is 22.7 Å². The fourth-order valence-corrected chi connectivity index (χ4v) is 4.04. The van der Waals surface area contributed by atoms with Crippen LogP contribution in [0.15, 0.2) is 53.4 Å². The van der Waals surface area contributed by atoms with Crippen LogP contribution < -0.4 is 9.46 Å². The summed E-state index contributed by atoms with van der Waals surface area (Å²) in [7, 11) is -3.64. The lowest BCUT2D eigenvalue weighted by Crippen LogP contribution is -2.37. The van der Waals surface area contributed by atoms with E-state index in [2.05, 4.69) is 4.72 Å². The average molecular weight is 331 g/mol. The van der Waals surface area contributed by atoms with Gasteiger partial charge >= 0.3 is 0 Å². The van der Waals surface area contributed by atoms with Crippen molar-refractivity contribution in [2.75, 3.05) is 4.72 Å². The second kappa shape index (κ2) is 4.72. The van der Waals surface area contributed by atoms with Crippen molar-refractivity contribution in [3.05, 3.63) is 54.1 Å². The van der Waals surface area contributed by atoms with Gasteiger partial charge in [-0.2, -0.15) is 0 Å². The van der Waals surface area contributed by atoms with Gasteiger partial charge in [-0.1, -0.05) is 18.2 Å². The molecule has 0 spiro atoms. The van der Waals surface area contributed by atoms with Crippen molar-refractivity contribution in [2.24, 2.45) is 0 Å². The molecular formula is C17H17NO4S. The molecule has 2 atom stereocenters. The van der Waals surface area contributed by atoms with Crippen LogP contribution in [0.1, 0.15) is 25.5 Å². The van der Waals surface area contributed by atoms with E-state index in [0.717, 1.165) is 5.56 Å². The normalized spacial score (nSPS) is 24.1. The van der Waals surface area contributed by atoms with Crippen LogP contribution in [0.25, 0.3) is 0 Å². The lowest BCUT2D eigenvalue weighted by atomic mass is 9.94. The van der Waals surface area contributed by atoms with E-state index >= 15 is 0 Å². The van der Waals surface area contributed by atoms with Gasteiger partial charge in [0, 0.05) is 11.3 Å². The van der Waals surface area contributed by atoms with Crippen LogP contribution in [0.4, 0.5) is 5.69 Å². The van der Waals surface area contributed by atoms with Gasteiger partial charge in [-0.15, -0.1) is 0 Å². The predicted octanol–water partition coefficient (Wildman–Crippen LogP) is 3.10. The molecule has 1 fully saturated rings. The highest BCUT2D eigenvalue weighted by Gasteiger charge is 2.56. The summed E-state index contributed by atoms with van der Waals surface area (Å²) in [5.41, 5.74) is 0.939. The molecule has 23 heavy (non-hydrogen) atoms. The highest BCUT2D eigenvalue weighted by molar-refractivity contribution is 7.92. The molecule has 5 nitrogen and oxygen atoms in total. The van der Waals surface area contributed by atoms with Crippen LogP contribution in [0.2, 0.25) is 0 Å². The summed E-state index contributed by atoms with van der Waals surface area (Å²) in [5.74, 6) is 0.687. The standard InChI is InChI=1S/C17H17NO4S/c1-17(2)16-15(21-16)13-10-12(8-9-14(13)22-17)23(19,20)18-11-6-4-3-5-7-11/h3-10,15-16,18H,1-2H3/t15-,16-/m0/s1. The van der Waals surface area contributed by atoms with E-state index in [0.29, 0.717) is 11.4 Å². The van der Waals surface area contributed by atoms with Crippen molar-refractivity contribution >= 4 is 15.7 Å². The zero-order valence-corrected chi connectivity index (χ0v) is 13.6. The van der Waals surface area contributed by atoms with Crippen LogP contribution in [0.3, 0.4) is 0 Å². The molecule has 2 aliphatic rings. The van der Waals surface area contributed by atoms with Crippen molar-refractivity contribution < 1.29 is 17.9 Å². The minimum atomic E-state index is -3.64. The molecule has 0 aliphatic carbocycles. The summed E-state index contributed by atoms with van der Waals surface area (Å²) in [5, 5.41) is 0. The van der Waals surface area contributed by atoms with Gasteiger partial charge in [0.15, 0.2) is 0 Å². The number of hydrogen-bond donors (Lipinski definition) is 1. The van der Waals surface area contributed by atoms with E-state index < -0.39 is 10.0 Å². The van der Waals surface area contributed by atoms with Gasteiger partial charge in [0.1, 0.15) is 23.6 Å². The van der Waals surface area contributed by atoms with Gasteiger partial charge in [-0.25, -0.2) is 8.42 Å². The highest BCUT2D eigenvalue weighted by Crippen LogP contribution is 2.53. The van der Waals surface area contributed by atoms with Crippen LogP contribution in [0, 0.1) is 0 Å². The molecular weight excluding hydrogens is 314 g/mol. The van der Waals surface area contributed by atoms with E-state index in [1.807, 2.05) is 19.9 Å². The number of sulfonamides is 1. The number of rotatable bonds is 3. The maximum atomic E-state index is 12.5. The van der Waals surface area contributed by atoms with Gasteiger partial charge < -0.3 is 9.47 Å². The molecule has 0 unspecified atom stereocenters. The number of nitrogens with one attached hydrogen (secondary N) is 1. The smallest absolute Gasteiger partial charge is 0.261 e. The minimum Gasteiger partial charge on any atom is -0.485 e. The Kier molecular flexibility index (Phi) is 2.98. The summed E-state index contributed by atoms with van der Waals surface area (Å²) in [6.45, 7) is 3.95. The first-order valence-corrected chi connectivity index (χ1v) is 8.91. The van der Waals surface area contributed by atoms with E-state index in [1.165, 1.54) is 0 Å². The second-order valence-electron chi connectivity index (χ2n) is 6.35. The zero-order chi connectivity index (χ0) is 16.2. The van der Waals surface area contributed by atoms with Crippen molar-refractivity contribution in [1.29, 1.82) is 0 Å². The Morgan fingerprint density at radius 2 is 1.83 bits per heavy atom. The highest BCUT2D eigenvalue weighted by atomic mass is 32.2. The van der Waals surface area contributed by atoms with Gasteiger partial charge in [0.2, 0.25) is 0 Å². The first-order chi connectivity index (χ1) is 10.9. The molecule has 4 rings (SSSR count). The number of anilines is 1. The Hall–Kier alpha value is -2.05. The first kappa shape index (κ1) is 14.5. The molecule has 1 N–H and O–H groups in total.